The minimum atomic E-state index is -1.32. The summed E-state index contributed by atoms with van der Waals surface area (Å²) in [5.74, 6) is -3.16. The SMILES string of the molecule is C=C(C)C.C=C(C)C(=O)OCCC/C(=C/C(=O)O)C(=O)O. The van der Waals surface area contributed by atoms with Gasteiger partial charge in [0.05, 0.1) is 6.61 Å². The third kappa shape index (κ3) is 15.6. The zero-order chi connectivity index (χ0) is 17.0. The van der Waals surface area contributed by atoms with Gasteiger partial charge in [0.1, 0.15) is 0 Å². The highest BCUT2D eigenvalue weighted by molar-refractivity contribution is 5.94. The van der Waals surface area contributed by atoms with Crippen LogP contribution in [-0.2, 0) is 19.1 Å². The Morgan fingerprint density at radius 3 is 1.90 bits per heavy atom. The van der Waals surface area contributed by atoms with Crippen molar-refractivity contribution >= 4 is 17.9 Å². The van der Waals surface area contributed by atoms with Crippen molar-refractivity contribution in [2.45, 2.75) is 33.6 Å². The van der Waals surface area contributed by atoms with Crippen LogP contribution in [0.15, 0.2) is 36.0 Å². The lowest BCUT2D eigenvalue weighted by Crippen LogP contribution is -2.09. The Balaban J connectivity index is 0. The Labute approximate surface area is 124 Å². The molecular formula is C15H22O6. The van der Waals surface area contributed by atoms with E-state index in [2.05, 4.69) is 13.2 Å². The Morgan fingerprint density at radius 1 is 1.10 bits per heavy atom. The van der Waals surface area contributed by atoms with E-state index in [1.54, 1.807) is 0 Å². The van der Waals surface area contributed by atoms with Crippen LogP contribution in [-0.4, -0.2) is 34.7 Å². The van der Waals surface area contributed by atoms with E-state index in [1.807, 2.05) is 13.8 Å². The predicted molar refractivity (Wildman–Crippen MR) is 78.8 cm³/mol. The Morgan fingerprint density at radius 2 is 1.57 bits per heavy atom. The first-order valence-electron chi connectivity index (χ1n) is 6.19. The third-order valence-corrected chi connectivity index (χ3v) is 1.74. The fraction of sp³-hybridized carbons (Fsp3) is 0.400. The molecule has 118 valence electrons. The van der Waals surface area contributed by atoms with E-state index in [9.17, 15) is 14.4 Å². The number of carbonyl (C=O) groups excluding carboxylic acids is 1. The summed E-state index contributed by atoms with van der Waals surface area (Å²) in [4.78, 5) is 31.9. The van der Waals surface area contributed by atoms with Gasteiger partial charge >= 0.3 is 17.9 Å². The van der Waals surface area contributed by atoms with Crippen LogP contribution < -0.4 is 0 Å². The fourth-order valence-electron chi connectivity index (χ4n) is 0.941. The lowest BCUT2D eigenvalue weighted by molar-refractivity contribution is -0.139. The molecule has 0 aromatic carbocycles. The van der Waals surface area contributed by atoms with Crippen molar-refractivity contribution in [1.29, 1.82) is 0 Å². The number of ether oxygens (including phenoxy) is 1. The molecule has 0 aliphatic rings. The molecular weight excluding hydrogens is 276 g/mol. The molecule has 0 heterocycles. The lowest BCUT2D eigenvalue weighted by Gasteiger charge is -2.04. The van der Waals surface area contributed by atoms with Crippen LogP contribution in [0.2, 0.25) is 0 Å². The average Bonchev–Trinajstić information content (AvgIpc) is 2.31. The van der Waals surface area contributed by atoms with Crippen LogP contribution in [0.4, 0.5) is 0 Å². The molecule has 0 aromatic rings. The minimum absolute atomic E-state index is 0.0190. The van der Waals surface area contributed by atoms with Gasteiger partial charge in [-0.15, -0.1) is 6.58 Å². The lowest BCUT2D eigenvalue weighted by atomic mass is 10.1. The van der Waals surface area contributed by atoms with Crippen molar-refractivity contribution in [3.63, 3.8) is 0 Å². The van der Waals surface area contributed by atoms with Crippen LogP contribution in [0.5, 0.6) is 0 Å². The van der Waals surface area contributed by atoms with Crippen molar-refractivity contribution in [3.05, 3.63) is 36.0 Å². The van der Waals surface area contributed by atoms with Gasteiger partial charge in [-0.1, -0.05) is 12.2 Å². The molecule has 0 amide bonds. The van der Waals surface area contributed by atoms with Gasteiger partial charge in [-0.05, 0) is 33.6 Å². The normalized spacial score (nSPS) is 9.95. The molecule has 0 aliphatic carbocycles. The van der Waals surface area contributed by atoms with Crippen molar-refractivity contribution in [3.8, 4) is 0 Å². The van der Waals surface area contributed by atoms with Gasteiger partial charge in [-0.2, -0.15) is 0 Å². The smallest absolute Gasteiger partial charge is 0.333 e. The number of aliphatic carboxylic acids is 2. The van der Waals surface area contributed by atoms with Crippen LogP contribution in [0.25, 0.3) is 0 Å². The quantitative estimate of drug-likeness (QED) is 0.324. The molecule has 0 bridgehead atoms. The topological polar surface area (TPSA) is 101 Å². The largest absolute Gasteiger partial charge is 0.478 e. The van der Waals surface area contributed by atoms with E-state index >= 15 is 0 Å². The second-order valence-electron chi connectivity index (χ2n) is 4.54. The number of carboxylic acids is 2. The standard InChI is InChI=1S/C11H14O6.C4H8/c1-7(2)11(16)17-5-3-4-8(10(14)15)6-9(12)13;1-4(2)3/h6H,1,3-5H2,2H3,(H,12,13)(H,14,15);1H2,2-3H3/b8-6-;. The Bertz CT molecular complexity index is 441. The highest BCUT2D eigenvalue weighted by Crippen LogP contribution is 2.06. The monoisotopic (exact) mass is 298 g/mol. The fourth-order valence-corrected chi connectivity index (χ4v) is 0.941. The number of hydrogen-bond donors (Lipinski definition) is 2. The number of carboxylic acid groups (broad SMARTS) is 2. The van der Waals surface area contributed by atoms with E-state index in [0.29, 0.717) is 6.08 Å². The molecule has 0 spiro atoms. The Kier molecular flexibility index (Phi) is 11.4. The van der Waals surface area contributed by atoms with E-state index in [4.69, 9.17) is 14.9 Å². The average molecular weight is 298 g/mol. The predicted octanol–water partition coefficient (Wildman–Crippen LogP) is 2.56. The zero-order valence-corrected chi connectivity index (χ0v) is 12.6. The summed E-state index contributed by atoms with van der Waals surface area (Å²) in [6, 6.07) is 0. The number of carbonyl (C=O) groups is 3. The molecule has 0 atom stereocenters. The van der Waals surface area contributed by atoms with Gasteiger partial charge in [0, 0.05) is 17.2 Å². The van der Waals surface area contributed by atoms with Gasteiger partial charge in [-0.25, -0.2) is 14.4 Å². The number of rotatable bonds is 7. The number of hydrogen-bond acceptors (Lipinski definition) is 4. The highest BCUT2D eigenvalue weighted by Gasteiger charge is 2.10. The van der Waals surface area contributed by atoms with E-state index < -0.39 is 17.9 Å². The molecule has 0 saturated heterocycles. The summed E-state index contributed by atoms with van der Waals surface area (Å²) < 4.78 is 4.73. The van der Waals surface area contributed by atoms with Gasteiger partial charge in [0.25, 0.3) is 0 Å². The first kappa shape index (κ1) is 20.9. The maximum atomic E-state index is 11.0. The van der Waals surface area contributed by atoms with Crippen LogP contribution in [0, 0.1) is 0 Å². The third-order valence-electron chi connectivity index (χ3n) is 1.74. The van der Waals surface area contributed by atoms with Gasteiger partial charge in [0.15, 0.2) is 0 Å². The molecule has 0 aromatic heterocycles. The molecule has 21 heavy (non-hydrogen) atoms. The number of allylic oxidation sites excluding steroid dienone is 1. The molecule has 6 heteroatoms. The molecule has 2 N–H and O–H groups in total. The van der Waals surface area contributed by atoms with Gasteiger partial charge < -0.3 is 14.9 Å². The van der Waals surface area contributed by atoms with Gasteiger partial charge in [0.2, 0.25) is 0 Å². The minimum Gasteiger partial charge on any atom is -0.478 e. The summed E-state index contributed by atoms with van der Waals surface area (Å²) in [6.45, 7) is 12.4. The first-order valence-corrected chi connectivity index (χ1v) is 6.19. The number of esters is 1. The maximum Gasteiger partial charge on any atom is 0.333 e. The summed E-state index contributed by atoms with van der Waals surface area (Å²) in [5.41, 5.74) is 1.19. The van der Waals surface area contributed by atoms with E-state index in [1.165, 1.54) is 12.5 Å². The van der Waals surface area contributed by atoms with Crippen LogP contribution >= 0.6 is 0 Å². The zero-order valence-electron chi connectivity index (χ0n) is 12.6. The summed E-state index contributed by atoms with van der Waals surface area (Å²) in [6.07, 6.45) is 0.887. The van der Waals surface area contributed by atoms with Gasteiger partial charge in [-0.3, -0.25) is 0 Å². The van der Waals surface area contributed by atoms with Crippen molar-refractivity contribution < 1.29 is 29.3 Å². The highest BCUT2D eigenvalue weighted by atomic mass is 16.5. The molecule has 6 nitrogen and oxygen atoms in total. The van der Waals surface area contributed by atoms with Crippen molar-refractivity contribution in [1.82, 2.24) is 0 Å². The van der Waals surface area contributed by atoms with Crippen LogP contribution in [0.3, 0.4) is 0 Å². The second-order valence-corrected chi connectivity index (χ2v) is 4.54. The van der Waals surface area contributed by atoms with Crippen LogP contribution in [0.1, 0.15) is 33.6 Å². The Hall–Kier alpha value is -2.37. The van der Waals surface area contributed by atoms with E-state index in [-0.39, 0.29) is 30.6 Å². The van der Waals surface area contributed by atoms with E-state index in [0.717, 1.165) is 0 Å². The second kappa shape index (κ2) is 11.5. The first-order chi connectivity index (χ1) is 9.57. The maximum absolute atomic E-state index is 11.0. The molecule has 0 rings (SSSR count). The molecule has 0 saturated carbocycles. The summed E-state index contributed by atoms with van der Waals surface area (Å²) in [7, 11) is 0. The van der Waals surface area contributed by atoms with Crippen molar-refractivity contribution in [2.24, 2.45) is 0 Å². The molecule has 0 radical (unpaired) electrons. The summed E-state index contributed by atoms with van der Waals surface area (Å²) >= 11 is 0. The summed E-state index contributed by atoms with van der Waals surface area (Å²) in [5, 5.41) is 17.1. The van der Waals surface area contributed by atoms with Crippen molar-refractivity contribution in [2.75, 3.05) is 6.61 Å². The molecule has 0 aliphatic heterocycles. The molecule has 0 unspecified atom stereocenters. The molecule has 0 fully saturated rings.